The number of carbonyl (C=O) groups excluding carboxylic acids is 1. The van der Waals surface area contributed by atoms with Crippen molar-refractivity contribution in [1.82, 2.24) is 0 Å². The van der Waals surface area contributed by atoms with E-state index in [9.17, 15) is 4.79 Å². The van der Waals surface area contributed by atoms with Gasteiger partial charge in [-0.2, -0.15) is 0 Å². The fraction of sp³-hybridized carbons (Fsp3) is 0.533. The Bertz CT molecular complexity index is 419. The third-order valence-electron chi connectivity index (χ3n) is 2.78. The van der Waals surface area contributed by atoms with Crippen molar-refractivity contribution in [2.75, 3.05) is 5.88 Å². The Kier molecular flexibility index (Phi) is 5.21. The largest absolute Gasteiger partial charge is 0.426 e. The van der Waals surface area contributed by atoms with Crippen molar-refractivity contribution < 1.29 is 9.53 Å². The van der Waals surface area contributed by atoms with Crippen molar-refractivity contribution in [2.45, 2.75) is 46.0 Å². The Hall–Kier alpha value is -1.02. The summed E-state index contributed by atoms with van der Waals surface area (Å²) in [5.74, 6) is 0.904. The molecule has 0 aromatic heterocycles. The average molecular weight is 269 g/mol. The summed E-state index contributed by atoms with van der Waals surface area (Å²) in [6.45, 7) is 8.44. The van der Waals surface area contributed by atoms with Crippen LogP contribution in [0.5, 0.6) is 5.75 Å². The van der Waals surface area contributed by atoms with Gasteiger partial charge in [0, 0.05) is 12.3 Å². The van der Waals surface area contributed by atoms with Gasteiger partial charge in [-0.1, -0.05) is 32.9 Å². The first-order valence-electron chi connectivity index (χ1n) is 6.22. The molecule has 1 rings (SSSR count). The van der Waals surface area contributed by atoms with Gasteiger partial charge in [0.25, 0.3) is 0 Å². The molecule has 3 heteroatoms. The van der Waals surface area contributed by atoms with E-state index in [1.807, 2.05) is 19.1 Å². The zero-order valence-corrected chi connectivity index (χ0v) is 12.3. The lowest BCUT2D eigenvalue weighted by atomic mass is 9.86. The van der Waals surface area contributed by atoms with Crippen LogP contribution in [0.3, 0.4) is 0 Å². The fourth-order valence-corrected chi connectivity index (χ4v) is 1.75. The third-order valence-corrected chi connectivity index (χ3v) is 3.05. The maximum atomic E-state index is 11.5. The van der Waals surface area contributed by atoms with Crippen molar-refractivity contribution >= 4 is 17.6 Å². The van der Waals surface area contributed by atoms with Gasteiger partial charge in [0.2, 0.25) is 0 Å². The molecule has 0 aliphatic heterocycles. The average Bonchev–Trinajstić information content (AvgIpc) is 2.27. The summed E-state index contributed by atoms with van der Waals surface area (Å²) in [6, 6.07) is 5.95. The summed E-state index contributed by atoms with van der Waals surface area (Å²) in [4.78, 5) is 11.5. The number of esters is 1. The van der Waals surface area contributed by atoms with Gasteiger partial charge in [-0.15, -0.1) is 11.6 Å². The van der Waals surface area contributed by atoms with Crippen LogP contribution >= 0.6 is 11.6 Å². The molecule has 0 bridgehead atoms. The van der Waals surface area contributed by atoms with Crippen LogP contribution in [-0.2, 0) is 10.2 Å². The van der Waals surface area contributed by atoms with Crippen molar-refractivity contribution in [3.05, 3.63) is 29.3 Å². The van der Waals surface area contributed by atoms with Crippen LogP contribution in [0.2, 0.25) is 0 Å². The molecule has 0 atom stereocenters. The Labute approximate surface area is 114 Å². The lowest BCUT2D eigenvalue weighted by Crippen LogP contribution is -2.12. The molecule has 0 aliphatic rings. The second kappa shape index (κ2) is 6.24. The zero-order chi connectivity index (χ0) is 13.8. The van der Waals surface area contributed by atoms with Crippen molar-refractivity contribution in [2.24, 2.45) is 0 Å². The van der Waals surface area contributed by atoms with Gasteiger partial charge in [0.15, 0.2) is 0 Å². The first-order chi connectivity index (χ1) is 8.34. The molecule has 0 aliphatic carbocycles. The molecule has 2 nitrogen and oxygen atoms in total. The topological polar surface area (TPSA) is 26.3 Å². The zero-order valence-electron chi connectivity index (χ0n) is 11.5. The summed E-state index contributed by atoms with van der Waals surface area (Å²) >= 11 is 5.54. The van der Waals surface area contributed by atoms with E-state index < -0.39 is 0 Å². The monoisotopic (exact) mass is 268 g/mol. The molecule has 0 fully saturated rings. The van der Waals surface area contributed by atoms with Gasteiger partial charge >= 0.3 is 5.97 Å². The van der Waals surface area contributed by atoms with Gasteiger partial charge < -0.3 is 4.74 Å². The Morgan fingerprint density at radius 3 is 2.50 bits per heavy atom. The molecule has 0 saturated carbocycles. The highest BCUT2D eigenvalue weighted by Crippen LogP contribution is 2.27. The van der Waals surface area contributed by atoms with Crippen LogP contribution in [-0.4, -0.2) is 11.8 Å². The molecular formula is C15H21ClO2. The van der Waals surface area contributed by atoms with E-state index in [4.69, 9.17) is 16.3 Å². The predicted octanol–water partition coefficient (Wildman–Crippen LogP) is 4.22. The summed E-state index contributed by atoms with van der Waals surface area (Å²) < 4.78 is 5.32. The maximum Gasteiger partial charge on any atom is 0.311 e. The number of aryl methyl sites for hydroxylation is 1. The maximum absolute atomic E-state index is 11.5. The van der Waals surface area contributed by atoms with Gasteiger partial charge in [-0.25, -0.2) is 0 Å². The summed E-state index contributed by atoms with van der Waals surface area (Å²) in [5.41, 5.74) is 2.33. The second-order valence-corrected chi connectivity index (χ2v) is 5.87. The molecule has 0 unspecified atom stereocenters. The quantitative estimate of drug-likeness (QED) is 0.464. The van der Waals surface area contributed by atoms with Crippen molar-refractivity contribution in [3.8, 4) is 5.75 Å². The van der Waals surface area contributed by atoms with E-state index in [1.54, 1.807) is 0 Å². The Morgan fingerprint density at radius 2 is 2.00 bits per heavy atom. The van der Waals surface area contributed by atoms with Crippen LogP contribution in [0.4, 0.5) is 0 Å². The van der Waals surface area contributed by atoms with E-state index in [-0.39, 0.29) is 11.4 Å². The van der Waals surface area contributed by atoms with Crippen LogP contribution in [0, 0.1) is 6.92 Å². The van der Waals surface area contributed by atoms with E-state index >= 15 is 0 Å². The molecule has 0 N–H and O–H groups in total. The minimum atomic E-state index is -0.220. The van der Waals surface area contributed by atoms with Crippen molar-refractivity contribution in [3.63, 3.8) is 0 Å². The number of ether oxygens (including phenoxy) is 1. The lowest BCUT2D eigenvalue weighted by Gasteiger charge is -2.20. The molecule has 0 amide bonds. The van der Waals surface area contributed by atoms with E-state index in [2.05, 4.69) is 26.8 Å². The number of alkyl halides is 1. The van der Waals surface area contributed by atoms with E-state index in [0.29, 0.717) is 24.5 Å². The third kappa shape index (κ3) is 4.34. The number of benzene rings is 1. The molecule has 0 saturated heterocycles. The molecule has 1 aromatic rings. The summed E-state index contributed by atoms with van der Waals surface area (Å²) in [5, 5.41) is 0. The summed E-state index contributed by atoms with van der Waals surface area (Å²) in [7, 11) is 0. The van der Waals surface area contributed by atoms with Crippen LogP contribution in [0.15, 0.2) is 18.2 Å². The first-order valence-corrected chi connectivity index (χ1v) is 6.76. The smallest absolute Gasteiger partial charge is 0.311 e. The highest BCUT2D eigenvalue weighted by atomic mass is 35.5. The van der Waals surface area contributed by atoms with Gasteiger partial charge in [-0.3, -0.25) is 4.79 Å². The van der Waals surface area contributed by atoms with Crippen LogP contribution < -0.4 is 4.74 Å². The van der Waals surface area contributed by atoms with Gasteiger partial charge in [0.1, 0.15) is 5.75 Å². The number of hydrogen-bond acceptors (Lipinski definition) is 2. The lowest BCUT2D eigenvalue weighted by molar-refractivity contribution is -0.134. The molecule has 1 aromatic carbocycles. The molecule has 0 heterocycles. The van der Waals surface area contributed by atoms with Gasteiger partial charge in [-0.05, 0) is 36.0 Å². The predicted molar refractivity (Wildman–Crippen MR) is 75.5 cm³/mol. The fourth-order valence-electron chi connectivity index (χ4n) is 1.62. The van der Waals surface area contributed by atoms with E-state index in [0.717, 1.165) is 5.56 Å². The molecular weight excluding hydrogens is 248 g/mol. The molecule has 18 heavy (non-hydrogen) atoms. The highest BCUT2D eigenvalue weighted by molar-refractivity contribution is 6.17. The minimum Gasteiger partial charge on any atom is -0.426 e. The van der Waals surface area contributed by atoms with Gasteiger partial charge in [0.05, 0.1) is 0 Å². The Balaban J connectivity index is 2.77. The number of hydrogen-bond donors (Lipinski definition) is 0. The molecule has 100 valence electrons. The normalized spacial score (nSPS) is 11.4. The number of carbonyl (C=O) groups is 1. The van der Waals surface area contributed by atoms with E-state index in [1.165, 1.54) is 5.56 Å². The number of rotatable bonds is 4. The first kappa shape index (κ1) is 15.0. The molecule has 0 radical (unpaired) electrons. The number of halogens is 1. The summed E-state index contributed by atoms with van der Waals surface area (Å²) in [6.07, 6.45) is 1.02. The van der Waals surface area contributed by atoms with Crippen LogP contribution in [0.25, 0.3) is 0 Å². The van der Waals surface area contributed by atoms with Crippen LogP contribution in [0.1, 0.15) is 44.7 Å². The second-order valence-electron chi connectivity index (χ2n) is 5.50. The Morgan fingerprint density at radius 1 is 1.33 bits per heavy atom. The minimum absolute atomic E-state index is 0.103. The van der Waals surface area contributed by atoms with Crippen molar-refractivity contribution in [1.29, 1.82) is 0 Å². The SMILES string of the molecule is Cc1cc(C(C)(C)C)ccc1OC(=O)CCCCl. The standard InChI is InChI=1S/C15H21ClO2/c1-11-10-12(15(2,3)4)7-8-13(11)18-14(17)6-5-9-16/h7-8,10H,5-6,9H2,1-4H3. The molecule has 0 spiro atoms. The highest BCUT2D eigenvalue weighted by Gasteiger charge is 2.15.